The van der Waals surface area contributed by atoms with Crippen molar-refractivity contribution in [3.05, 3.63) is 59.0 Å². The highest BCUT2D eigenvalue weighted by atomic mass is 19.1. The number of amides is 2. The molecule has 1 aromatic heterocycles. The van der Waals surface area contributed by atoms with Crippen LogP contribution in [0.15, 0.2) is 36.4 Å². The molecule has 0 aliphatic rings. The number of ether oxygens (including phenoxy) is 1. The van der Waals surface area contributed by atoms with E-state index in [1.54, 1.807) is 36.4 Å². The standard InChI is InChI=1S/C22H20FN5O3/c1-28(12-11-24)19(29)13-25-22(30)16-8-10-18-20(21(16)31-2)17(26-27-18)9-5-14-3-6-15(23)7-4-14/h3-10H,12-13H2,1-2H3,(H,25,30)(H,26,27)/b9-5+. The van der Waals surface area contributed by atoms with E-state index in [0.717, 1.165) is 5.56 Å². The molecule has 2 amide bonds. The molecular formula is C22H20FN5O3. The highest BCUT2D eigenvalue weighted by Crippen LogP contribution is 2.32. The fraction of sp³-hybridized carbons (Fsp3) is 0.182. The Morgan fingerprint density at radius 2 is 2.00 bits per heavy atom. The maximum absolute atomic E-state index is 13.1. The molecule has 1 heterocycles. The molecule has 0 fully saturated rings. The van der Waals surface area contributed by atoms with Crippen molar-refractivity contribution in [3.63, 3.8) is 0 Å². The van der Waals surface area contributed by atoms with Crippen LogP contribution in [0.1, 0.15) is 21.6 Å². The molecule has 0 unspecified atom stereocenters. The molecule has 0 spiro atoms. The molecule has 0 atom stereocenters. The first kappa shape index (κ1) is 21.5. The zero-order valence-corrected chi connectivity index (χ0v) is 17.0. The molecule has 2 aromatic carbocycles. The van der Waals surface area contributed by atoms with E-state index in [2.05, 4.69) is 15.5 Å². The summed E-state index contributed by atoms with van der Waals surface area (Å²) in [7, 11) is 2.92. The van der Waals surface area contributed by atoms with Gasteiger partial charge in [-0.05, 0) is 35.9 Å². The molecule has 0 radical (unpaired) electrons. The molecule has 31 heavy (non-hydrogen) atoms. The zero-order valence-electron chi connectivity index (χ0n) is 17.0. The van der Waals surface area contributed by atoms with Gasteiger partial charge in [-0.15, -0.1) is 0 Å². The summed E-state index contributed by atoms with van der Waals surface area (Å²) >= 11 is 0. The van der Waals surface area contributed by atoms with Gasteiger partial charge in [0.15, 0.2) is 0 Å². The number of fused-ring (bicyclic) bond motifs is 1. The minimum atomic E-state index is -0.493. The number of carbonyl (C=O) groups excluding carboxylic acids is 2. The van der Waals surface area contributed by atoms with Gasteiger partial charge in [-0.2, -0.15) is 10.4 Å². The van der Waals surface area contributed by atoms with Gasteiger partial charge in [0.2, 0.25) is 5.91 Å². The minimum absolute atomic E-state index is 0.0667. The molecule has 0 aliphatic carbocycles. The number of H-pyrrole nitrogens is 1. The van der Waals surface area contributed by atoms with Crippen molar-refractivity contribution >= 4 is 34.9 Å². The highest BCUT2D eigenvalue weighted by molar-refractivity contribution is 6.06. The van der Waals surface area contributed by atoms with Crippen LogP contribution in [0.4, 0.5) is 4.39 Å². The lowest BCUT2D eigenvalue weighted by atomic mass is 10.1. The van der Waals surface area contributed by atoms with Crippen LogP contribution >= 0.6 is 0 Å². The predicted octanol–water partition coefficient (Wildman–Crippen LogP) is 2.59. The summed E-state index contributed by atoms with van der Waals surface area (Å²) in [6, 6.07) is 11.1. The Labute approximate surface area is 177 Å². The van der Waals surface area contributed by atoms with Gasteiger partial charge in [0, 0.05) is 7.05 Å². The normalized spacial score (nSPS) is 10.8. The number of nitrogens with one attached hydrogen (secondary N) is 2. The Bertz CT molecular complexity index is 1180. The van der Waals surface area contributed by atoms with Gasteiger partial charge in [-0.3, -0.25) is 14.7 Å². The van der Waals surface area contributed by atoms with E-state index in [9.17, 15) is 14.0 Å². The number of nitrogens with zero attached hydrogens (tertiary/aromatic N) is 3. The number of rotatable bonds is 7. The predicted molar refractivity (Wildman–Crippen MR) is 114 cm³/mol. The maximum atomic E-state index is 13.1. The van der Waals surface area contributed by atoms with Gasteiger partial charge in [0.25, 0.3) is 5.91 Å². The second-order valence-corrected chi connectivity index (χ2v) is 6.65. The van der Waals surface area contributed by atoms with Gasteiger partial charge < -0.3 is 15.0 Å². The van der Waals surface area contributed by atoms with E-state index in [4.69, 9.17) is 10.00 Å². The molecule has 3 aromatic rings. The second kappa shape index (κ2) is 9.54. The summed E-state index contributed by atoms with van der Waals surface area (Å²) in [5.41, 5.74) is 2.22. The van der Waals surface area contributed by atoms with Crippen LogP contribution in [0.2, 0.25) is 0 Å². The lowest BCUT2D eigenvalue weighted by Crippen LogP contribution is -2.38. The van der Waals surface area contributed by atoms with Crippen LogP contribution in [-0.2, 0) is 4.79 Å². The summed E-state index contributed by atoms with van der Waals surface area (Å²) < 4.78 is 18.6. The molecule has 2 N–H and O–H groups in total. The molecule has 158 valence electrons. The van der Waals surface area contributed by atoms with Crippen LogP contribution in [0.5, 0.6) is 5.75 Å². The van der Waals surface area contributed by atoms with Gasteiger partial charge >= 0.3 is 0 Å². The number of halogens is 1. The summed E-state index contributed by atoms with van der Waals surface area (Å²) in [4.78, 5) is 25.9. The fourth-order valence-corrected chi connectivity index (χ4v) is 2.95. The van der Waals surface area contributed by atoms with Crippen molar-refractivity contribution in [2.75, 3.05) is 27.2 Å². The maximum Gasteiger partial charge on any atom is 0.255 e. The van der Waals surface area contributed by atoms with E-state index in [1.807, 2.05) is 6.07 Å². The monoisotopic (exact) mass is 421 g/mol. The van der Waals surface area contributed by atoms with Crippen LogP contribution in [-0.4, -0.2) is 54.2 Å². The quantitative estimate of drug-likeness (QED) is 0.570. The number of methoxy groups -OCH3 is 1. The third kappa shape index (κ3) is 4.87. The summed E-state index contributed by atoms with van der Waals surface area (Å²) in [5.74, 6) is -0.898. The first-order chi connectivity index (χ1) is 14.9. The Kier molecular flexibility index (Phi) is 6.62. The molecule has 0 saturated carbocycles. The van der Waals surface area contributed by atoms with E-state index < -0.39 is 5.91 Å². The highest BCUT2D eigenvalue weighted by Gasteiger charge is 2.20. The molecule has 0 bridgehead atoms. The van der Waals surface area contributed by atoms with Crippen LogP contribution < -0.4 is 10.1 Å². The van der Waals surface area contributed by atoms with E-state index in [0.29, 0.717) is 22.3 Å². The Hall–Kier alpha value is -4.19. The number of aromatic amines is 1. The van der Waals surface area contributed by atoms with Crippen molar-refractivity contribution in [1.29, 1.82) is 5.26 Å². The molecular weight excluding hydrogens is 401 g/mol. The van der Waals surface area contributed by atoms with Crippen molar-refractivity contribution in [2.24, 2.45) is 0 Å². The smallest absolute Gasteiger partial charge is 0.255 e. The molecule has 9 heteroatoms. The lowest BCUT2D eigenvalue weighted by molar-refractivity contribution is -0.128. The van der Waals surface area contributed by atoms with E-state index >= 15 is 0 Å². The molecule has 3 rings (SSSR count). The largest absolute Gasteiger partial charge is 0.495 e. The van der Waals surface area contributed by atoms with Crippen molar-refractivity contribution < 1.29 is 18.7 Å². The first-order valence-corrected chi connectivity index (χ1v) is 9.32. The van der Waals surface area contributed by atoms with Gasteiger partial charge in [0.1, 0.15) is 18.1 Å². The third-order valence-electron chi connectivity index (χ3n) is 4.60. The van der Waals surface area contributed by atoms with Crippen molar-refractivity contribution in [3.8, 4) is 11.8 Å². The van der Waals surface area contributed by atoms with Crippen LogP contribution in [0, 0.1) is 17.1 Å². The van der Waals surface area contributed by atoms with Gasteiger partial charge in [-0.25, -0.2) is 4.39 Å². The molecule has 0 aliphatic heterocycles. The van der Waals surface area contributed by atoms with E-state index in [-0.39, 0.29) is 30.4 Å². The minimum Gasteiger partial charge on any atom is -0.495 e. The fourth-order valence-electron chi connectivity index (χ4n) is 2.95. The molecule has 0 saturated heterocycles. The number of likely N-dealkylation sites (N-methyl/N-ethyl adjacent to an activating group) is 1. The number of hydrogen-bond acceptors (Lipinski definition) is 5. The zero-order chi connectivity index (χ0) is 22.4. The van der Waals surface area contributed by atoms with Crippen molar-refractivity contribution in [2.45, 2.75) is 0 Å². The topological polar surface area (TPSA) is 111 Å². The SMILES string of the molecule is COc1c(C(=O)NCC(=O)N(C)CC#N)ccc2[nH]nc(/C=C/c3ccc(F)cc3)c12. The van der Waals surface area contributed by atoms with Crippen LogP contribution in [0.25, 0.3) is 23.1 Å². The summed E-state index contributed by atoms with van der Waals surface area (Å²) in [6.45, 7) is -0.316. The van der Waals surface area contributed by atoms with Crippen LogP contribution in [0.3, 0.4) is 0 Å². The van der Waals surface area contributed by atoms with Crippen molar-refractivity contribution in [1.82, 2.24) is 20.4 Å². The first-order valence-electron chi connectivity index (χ1n) is 9.32. The Morgan fingerprint density at radius 3 is 2.68 bits per heavy atom. The number of carbonyl (C=O) groups is 2. The second-order valence-electron chi connectivity index (χ2n) is 6.65. The molecule has 8 nitrogen and oxygen atoms in total. The lowest BCUT2D eigenvalue weighted by Gasteiger charge is -2.14. The van der Waals surface area contributed by atoms with Gasteiger partial charge in [-0.1, -0.05) is 18.2 Å². The van der Waals surface area contributed by atoms with Gasteiger partial charge in [0.05, 0.1) is 41.9 Å². The summed E-state index contributed by atoms with van der Waals surface area (Å²) in [5, 5.41) is 19.0. The average molecular weight is 421 g/mol. The third-order valence-corrected chi connectivity index (χ3v) is 4.60. The number of nitriles is 1. The average Bonchev–Trinajstić information content (AvgIpc) is 3.19. The van der Waals surface area contributed by atoms with E-state index in [1.165, 1.54) is 31.2 Å². The Morgan fingerprint density at radius 1 is 1.26 bits per heavy atom. The number of aromatic nitrogens is 2. The number of hydrogen-bond donors (Lipinski definition) is 2. The summed E-state index contributed by atoms with van der Waals surface area (Å²) in [6.07, 6.45) is 3.50. The number of benzene rings is 2. The Balaban J connectivity index is 1.87.